The maximum atomic E-state index is 15.5. The number of nitrogens with zero attached hydrogens (tertiary/aromatic N) is 3. The number of nitrogens with one attached hydrogen (secondary N) is 1. The Balaban J connectivity index is 1.35. The van der Waals surface area contributed by atoms with Crippen molar-refractivity contribution in [3.05, 3.63) is 90.0 Å². The maximum absolute atomic E-state index is 15.5. The SMILES string of the molecule is CCc1cc(-c2cccc3ccccc23)c2cc(C(=O)N3CCN(c4ncccc4OC)CC3)[nH]c2c1F. The average Bonchev–Trinajstić information content (AvgIpc) is 3.43. The number of aryl methyl sites for hydroxylation is 1. The van der Waals surface area contributed by atoms with Gasteiger partial charge in [0.25, 0.3) is 5.91 Å². The zero-order valence-electron chi connectivity index (χ0n) is 21.5. The number of rotatable bonds is 5. The van der Waals surface area contributed by atoms with Crippen molar-refractivity contribution in [1.29, 1.82) is 0 Å². The van der Waals surface area contributed by atoms with Crippen molar-refractivity contribution in [2.75, 3.05) is 38.2 Å². The van der Waals surface area contributed by atoms with Crippen molar-refractivity contribution in [3.8, 4) is 16.9 Å². The van der Waals surface area contributed by atoms with E-state index in [0.717, 1.165) is 33.1 Å². The van der Waals surface area contributed by atoms with Crippen LogP contribution in [0, 0.1) is 5.82 Å². The van der Waals surface area contributed by atoms with Gasteiger partial charge >= 0.3 is 0 Å². The van der Waals surface area contributed by atoms with E-state index in [2.05, 4.69) is 39.1 Å². The first-order valence-electron chi connectivity index (χ1n) is 12.9. The van der Waals surface area contributed by atoms with Gasteiger partial charge in [0.1, 0.15) is 11.5 Å². The Kier molecular flexibility index (Phi) is 6.19. The van der Waals surface area contributed by atoms with Gasteiger partial charge in [-0.3, -0.25) is 4.79 Å². The normalized spacial score (nSPS) is 13.9. The number of hydrogen-bond donors (Lipinski definition) is 1. The molecule has 1 saturated heterocycles. The van der Waals surface area contributed by atoms with E-state index in [0.29, 0.717) is 55.1 Å². The molecule has 0 aliphatic carbocycles. The molecule has 0 saturated carbocycles. The van der Waals surface area contributed by atoms with E-state index in [9.17, 15) is 4.79 Å². The number of methoxy groups -OCH3 is 1. The summed E-state index contributed by atoms with van der Waals surface area (Å²) in [6.45, 7) is 4.28. The molecule has 6 rings (SSSR count). The number of aromatic nitrogens is 2. The lowest BCUT2D eigenvalue weighted by molar-refractivity contribution is 0.0741. The van der Waals surface area contributed by atoms with Crippen LogP contribution in [0.4, 0.5) is 10.2 Å². The summed E-state index contributed by atoms with van der Waals surface area (Å²) in [6, 6.07) is 21.8. The minimum atomic E-state index is -0.294. The molecule has 5 aromatic rings. The third-order valence-corrected chi connectivity index (χ3v) is 7.46. The van der Waals surface area contributed by atoms with E-state index in [-0.39, 0.29) is 11.7 Å². The van der Waals surface area contributed by atoms with Crippen molar-refractivity contribution in [1.82, 2.24) is 14.9 Å². The smallest absolute Gasteiger partial charge is 0.270 e. The van der Waals surface area contributed by atoms with Gasteiger partial charge in [0.05, 0.1) is 12.6 Å². The van der Waals surface area contributed by atoms with Crippen molar-refractivity contribution < 1.29 is 13.9 Å². The molecule has 3 heterocycles. The van der Waals surface area contributed by atoms with E-state index in [1.807, 2.05) is 54.3 Å². The van der Waals surface area contributed by atoms with Gasteiger partial charge in [-0.2, -0.15) is 0 Å². The molecule has 0 spiro atoms. The Morgan fingerprint density at radius 1 is 0.974 bits per heavy atom. The summed E-state index contributed by atoms with van der Waals surface area (Å²) in [7, 11) is 1.63. The van der Waals surface area contributed by atoms with Crippen molar-refractivity contribution >= 4 is 33.4 Å². The molecule has 192 valence electrons. The predicted molar refractivity (Wildman–Crippen MR) is 149 cm³/mol. The molecule has 0 radical (unpaired) electrons. The van der Waals surface area contributed by atoms with Gasteiger partial charge in [-0.25, -0.2) is 9.37 Å². The van der Waals surface area contributed by atoms with Crippen LogP contribution in [-0.2, 0) is 6.42 Å². The first-order valence-corrected chi connectivity index (χ1v) is 12.9. The van der Waals surface area contributed by atoms with Gasteiger partial charge < -0.3 is 19.5 Å². The molecule has 6 nitrogen and oxygen atoms in total. The molecule has 1 amide bonds. The second-order valence-corrected chi connectivity index (χ2v) is 9.56. The Labute approximate surface area is 220 Å². The molecule has 0 unspecified atom stereocenters. The number of anilines is 1. The molecule has 3 aromatic carbocycles. The van der Waals surface area contributed by atoms with Crippen LogP contribution < -0.4 is 9.64 Å². The molecule has 1 aliphatic heterocycles. The van der Waals surface area contributed by atoms with Crippen LogP contribution in [0.15, 0.2) is 72.9 Å². The molecular weight excluding hydrogens is 479 g/mol. The van der Waals surface area contributed by atoms with E-state index in [1.165, 1.54) is 0 Å². The number of hydrogen-bond acceptors (Lipinski definition) is 4. The minimum absolute atomic E-state index is 0.129. The molecule has 1 N–H and O–H groups in total. The van der Waals surface area contributed by atoms with E-state index < -0.39 is 0 Å². The zero-order valence-corrected chi connectivity index (χ0v) is 21.5. The first kappa shape index (κ1) is 24.0. The van der Waals surface area contributed by atoms with Gasteiger partial charge in [-0.15, -0.1) is 0 Å². The second kappa shape index (κ2) is 9.82. The molecule has 38 heavy (non-hydrogen) atoms. The van der Waals surface area contributed by atoms with Gasteiger partial charge in [-0.05, 0) is 58.1 Å². The molecule has 1 aliphatic rings. The largest absolute Gasteiger partial charge is 0.493 e. The van der Waals surface area contributed by atoms with Crippen LogP contribution in [0.5, 0.6) is 5.75 Å². The van der Waals surface area contributed by atoms with Crippen LogP contribution >= 0.6 is 0 Å². The lowest BCUT2D eigenvalue weighted by Gasteiger charge is -2.35. The minimum Gasteiger partial charge on any atom is -0.493 e. The predicted octanol–water partition coefficient (Wildman–Crippen LogP) is 6.06. The fourth-order valence-corrected chi connectivity index (χ4v) is 5.44. The summed E-state index contributed by atoms with van der Waals surface area (Å²) < 4.78 is 21.0. The number of fused-ring (bicyclic) bond motifs is 2. The second-order valence-electron chi connectivity index (χ2n) is 9.56. The number of pyridine rings is 1. The van der Waals surface area contributed by atoms with E-state index in [1.54, 1.807) is 13.3 Å². The van der Waals surface area contributed by atoms with Crippen LogP contribution in [0.3, 0.4) is 0 Å². The van der Waals surface area contributed by atoms with E-state index >= 15 is 4.39 Å². The lowest BCUT2D eigenvalue weighted by atomic mass is 9.93. The van der Waals surface area contributed by atoms with Crippen LogP contribution in [0.1, 0.15) is 23.0 Å². The Hall–Kier alpha value is -4.39. The molecule has 2 aromatic heterocycles. The number of ether oxygens (including phenoxy) is 1. The number of aromatic amines is 1. The van der Waals surface area contributed by atoms with Crippen LogP contribution in [0.2, 0.25) is 0 Å². The number of piperazine rings is 1. The summed E-state index contributed by atoms with van der Waals surface area (Å²) in [5, 5.41) is 2.94. The third kappa shape index (κ3) is 4.04. The summed E-state index contributed by atoms with van der Waals surface area (Å²) >= 11 is 0. The molecule has 7 heteroatoms. The zero-order chi connectivity index (χ0) is 26.2. The van der Waals surface area contributed by atoms with Crippen LogP contribution in [-0.4, -0.2) is 54.1 Å². The summed E-state index contributed by atoms with van der Waals surface area (Å²) in [5.41, 5.74) is 3.36. The maximum Gasteiger partial charge on any atom is 0.270 e. The summed E-state index contributed by atoms with van der Waals surface area (Å²) in [5.74, 6) is 1.07. The number of carbonyl (C=O) groups is 1. The molecular formula is C31H29FN4O2. The molecule has 0 bridgehead atoms. The third-order valence-electron chi connectivity index (χ3n) is 7.46. The monoisotopic (exact) mass is 508 g/mol. The molecule has 1 fully saturated rings. The highest BCUT2D eigenvalue weighted by molar-refractivity contribution is 6.08. The Morgan fingerprint density at radius 3 is 2.55 bits per heavy atom. The fourth-order valence-electron chi connectivity index (χ4n) is 5.44. The lowest BCUT2D eigenvalue weighted by Crippen LogP contribution is -2.49. The standard InChI is InChI=1S/C31H29FN4O2/c1-3-20-18-24(23-11-6-9-21-8-4-5-10-22(21)23)25-19-26(34-29(25)28(20)32)31(37)36-16-14-35(15-17-36)30-27(38-2)12-7-13-33-30/h4-13,18-19,34H,3,14-17H2,1-2H3. The number of H-pyrrole nitrogens is 1. The summed E-state index contributed by atoms with van der Waals surface area (Å²) in [6.07, 6.45) is 2.30. The topological polar surface area (TPSA) is 61.5 Å². The number of benzene rings is 3. The van der Waals surface area contributed by atoms with Gasteiger partial charge in [0.15, 0.2) is 11.6 Å². The van der Waals surface area contributed by atoms with Gasteiger partial charge in [0, 0.05) is 37.8 Å². The summed E-state index contributed by atoms with van der Waals surface area (Å²) in [4.78, 5) is 25.1. The number of carbonyl (C=O) groups excluding carboxylic acids is 1. The van der Waals surface area contributed by atoms with Crippen molar-refractivity contribution in [2.45, 2.75) is 13.3 Å². The van der Waals surface area contributed by atoms with Crippen molar-refractivity contribution in [2.24, 2.45) is 0 Å². The van der Waals surface area contributed by atoms with E-state index in [4.69, 9.17) is 4.74 Å². The number of halogens is 1. The first-order chi connectivity index (χ1) is 18.6. The average molecular weight is 509 g/mol. The highest BCUT2D eigenvalue weighted by atomic mass is 19.1. The Morgan fingerprint density at radius 2 is 1.76 bits per heavy atom. The Bertz CT molecular complexity index is 1650. The molecule has 0 atom stereocenters. The van der Waals surface area contributed by atoms with Gasteiger partial charge in [-0.1, -0.05) is 49.4 Å². The highest BCUT2D eigenvalue weighted by Gasteiger charge is 2.26. The fraction of sp³-hybridized carbons (Fsp3) is 0.226. The van der Waals surface area contributed by atoms with Gasteiger partial charge in [0.2, 0.25) is 0 Å². The quantitative estimate of drug-likeness (QED) is 0.314. The number of amides is 1. The van der Waals surface area contributed by atoms with Crippen LogP contribution in [0.25, 0.3) is 32.8 Å². The highest BCUT2D eigenvalue weighted by Crippen LogP contribution is 2.37. The van der Waals surface area contributed by atoms with Crippen molar-refractivity contribution in [3.63, 3.8) is 0 Å².